The average Bonchev–Trinajstić information content (AvgIpc) is 2.38. The molecule has 2 aromatic carbocycles. The molecule has 2 aromatic rings. The average molecular weight is 298 g/mol. The summed E-state index contributed by atoms with van der Waals surface area (Å²) < 4.78 is 11.0. The second kappa shape index (κ2) is 6.04. The number of ether oxygens (including phenoxy) is 2. The first-order chi connectivity index (χ1) is 9.10. The molecule has 0 radical (unpaired) electrons. The first-order valence-corrected chi connectivity index (χ1v) is 6.51. The van der Waals surface area contributed by atoms with Gasteiger partial charge in [-0.3, -0.25) is 0 Å². The molecule has 0 fully saturated rings. The standard InChI is InChI=1S/C14H13Cl2NO2/c1-2-18-9-3-5-10(6-4-9)19-14-8-12(16)11(15)7-13(14)17/h3-8H,2,17H2,1H3. The number of hydrogen-bond donors (Lipinski definition) is 1. The number of hydrogen-bond acceptors (Lipinski definition) is 3. The molecule has 2 rings (SSSR count). The quantitative estimate of drug-likeness (QED) is 0.827. The summed E-state index contributed by atoms with van der Waals surface area (Å²) in [6, 6.07) is 10.4. The third-order valence-electron chi connectivity index (χ3n) is 2.42. The Balaban J connectivity index is 2.19. The summed E-state index contributed by atoms with van der Waals surface area (Å²) in [5.74, 6) is 1.91. The molecule has 0 aliphatic rings. The summed E-state index contributed by atoms with van der Waals surface area (Å²) in [7, 11) is 0. The van der Waals surface area contributed by atoms with Crippen LogP contribution in [-0.4, -0.2) is 6.61 Å². The summed E-state index contributed by atoms with van der Waals surface area (Å²) in [6.07, 6.45) is 0. The van der Waals surface area contributed by atoms with E-state index in [-0.39, 0.29) is 0 Å². The van der Waals surface area contributed by atoms with Gasteiger partial charge in [0.25, 0.3) is 0 Å². The van der Waals surface area contributed by atoms with Gasteiger partial charge in [-0.05, 0) is 37.3 Å². The zero-order valence-corrected chi connectivity index (χ0v) is 11.8. The van der Waals surface area contributed by atoms with Crippen molar-refractivity contribution >= 4 is 28.9 Å². The monoisotopic (exact) mass is 297 g/mol. The third-order valence-corrected chi connectivity index (χ3v) is 3.14. The van der Waals surface area contributed by atoms with Crippen molar-refractivity contribution in [3.8, 4) is 17.2 Å². The second-order valence-corrected chi connectivity index (χ2v) is 4.63. The Labute approximate surface area is 121 Å². The summed E-state index contributed by atoms with van der Waals surface area (Å²) in [5.41, 5.74) is 6.26. The van der Waals surface area contributed by atoms with Gasteiger partial charge in [-0.15, -0.1) is 0 Å². The van der Waals surface area contributed by atoms with E-state index < -0.39 is 0 Å². The maximum Gasteiger partial charge on any atom is 0.151 e. The lowest BCUT2D eigenvalue weighted by molar-refractivity contribution is 0.339. The van der Waals surface area contributed by atoms with Crippen LogP contribution in [0.15, 0.2) is 36.4 Å². The highest BCUT2D eigenvalue weighted by molar-refractivity contribution is 6.42. The molecule has 0 aromatic heterocycles. The van der Waals surface area contributed by atoms with Crippen molar-refractivity contribution in [2.24, 2.45) is 0 Å². The van der Waals surface area contributed by atoms with E-state index >= 15 is 0 Å². The molecule has 0 bridgehead atoms. The number of nitrogens with two attached hydrogens (primary N) is 1. The maximum absolute atomic E-state index is 5.93. The lowest BCUT2D eigenvalue weighted by atomic mass is 10.3. The van der Waals surface area contributed by atoms with Gasteiger partial charge >= 0.3 is 0 Å². The van der Waals surface area contributed by atoms with Crippen LogP contribution in [0.2, 0.25) is 10.0 Å². The molecule has 5 heteroatoms. The minimum Gasteiger partial charge on any atom is -0.494 e. The lowest BCUT2D eigenvalue weighted by Crippen LogP contribution is -1.93. The molecule has 0 spiro atoms. The highest BCUT2D eigenvalue weighted by Gasteiger charge is 2.07. The van der Waals surface area contributed by atoms with E-state index in [1.54, 1.807) is 24.3 Å². The van der Waals surface area contributed by atoms with Crippen molar-refractivity contribution in [3.05, 3.63) is 46.4 Å². The van der Waals surface area contributed by atoms with Crippen LogP contribution in [0.4, 0.5) is 5.69 Å². The molecule has 0 aliphatic heterocycles. The first kappa shape index (κ1) is 13.8. The van der Waals surface area contributed by atoms with Gasteiger partial charge in [-0.1, -0.05) is 23.2 Å². The molecular formula is C14H13Cl2NO2. The van der Waals surface area contributed by atoms with Crippen molar-refractivity contribution in [3.63, 3.8) is 0 Å². The van der Waals surface area contributed by atoms with E-state index in [0.29, 0.717) is 33.8 Å². The Kier molecular flexibility index (Phi) is 4.40. The van der Waals surface area contributed by atoms with Crippen LogP contribution < -0.4 is 15.2 Å². The molecule has 0 atom stereocenters. The van der Waals surface area contributed by atoms with Crippen LogP contribution in [-0.2, 0) is 0 Å². The Morgan fingerprint density at radius 1 is 1.00 bits per heavy atom. The predicted molar refractivity (Wildman–Crippen MR) is 78.6 cm³/mol. The summed E-state index contributed by atoms with van der Waals surface area (Å²) >= 11 is 11.8. The summed E-state index contributed by atoms with van der Waals surface area (Å²) in [6.45, 7) is 2.56. The van der Waals surface area contributed by atoms with Crippen molar-refractivity contribution in [1.82, 2.24) is 0 Å². The van der Waals surface area contributed by atoms with E-state index in [4.69, 9.17) is 38.4 Å². The maximum atomic E-state index is 5.93. The van der Waals surface area contributed by atoms with Gasteiger partial charge in [-0.25, -0.2) is 0 Å². The van der Waals surface area contributed by atoms with Gasteiger partial charge in [0.05, 0.1) is 22.3 Å². The highest BCUT2D eigenvalue weighted by Crippen LogP contribution is 2.35. The minimum atomic E-state index is 0.400. The zero-order chi connectivity index (χ0) is 13.8. The summed E-state index contributed by atoms with van der Waals surface area (Å²) in [4.78, 5) is 0. The number of anilines is 1. The topological polar surface area (TPSA) is 44.5 Å². The minimum absolute atomic E-state index is 0.400. The number of nitrogen functional groups attached to an aromatic ring is 1. The van der Waals surface area contributed by atoms with E-state index in [9.17, 15) is 0 Å². The van der Waals surface area contributed by atoms with Crippen molar-refractivity contribution in [2.75, 3.05) is 12.3 Å². The normalized spacial score (nSPS) is 10.3. The number of halogens is 2. The second-order valence-electron chi connectivity index (χ2n) is 3.81. The van der Waals surface area contributed by atoms with Crippen LogP contribution in [0.5, 0.6) is 17.2 Å². The first-order valence-electron chi connectivity index (χ1n) is 5.75. The largest absolute Gasteiger partial charge is 0.494 e. The van der Waals surface area contributed by atoms with Crippen molar-refractivity contribution < 1.29 is 9.47 Å². The van der Waals surface area contributed by atoms with Crippen LogP contribution in [0.1, 0.15) is 6.92 Å². The van der Waals surface area contributed by atoms with Gasteiger partial charge in [0.15, 0.2) is 5.75 Å². The van der Waals surface area contributed by atoms with E-state index in [1.165, 1.54) is 0 Å². The molecule has 0 heterocycles. The van der Waals surface area contributed by atoms with Crippen molar-refractivity contribution in [1.29, 1.82) is 0 Å². The van der Waals surface area contributed by atoms with E-state index in [0.717, 1.165) is 5.75 Å². The van der Waals surface area contributed by atoms with Gasteiger partial charge < -0.3 is 15.2 Å². The fraction of sp³-hybridized carbons (Fsp3) is 0.143. The molecule has 0 aliphatic carbocycles. The molecule has 0 saturated heterocycles. The molecule has 3 nitrogen and oxygen atoms in total. The fourth-order valence-corrected chi connectivity index (χ4v) is 1.86. The van der Waals surface area contributed by atoms with Gasteiger partial charge in [0.1, 0.15) is 11.5 Å². The molecular weight excluding hydrogens is 285 g/mol. The summed E-state index contributed by atoms with van der Waals surface area (Å²) in [5, 5.41) is 0.801. The van der Waals surface area contributed by atoms with E-state index in [2.05, 4.69) is 0 Å². The number of benzene rings is 2. The van der Waals surface area contributed by atoms with E-state index in [1.807, 2.05) is 19.1 Å². The van der Waals surface area contributed by atoms with Crippen LogP contribution in [0.25, 0.3) is 0 Å². The van der Waals surface area contributed by atoms with Crippen LogP contribution >= 0.6 is 23.2 Å². The predicted octanol–water partition coefficient (Wildman–Crippen LogP) is 4.77. The fourth-order valence-electron chi connectivity index (χ4n) is 1.53. The van der Waals surface area contributed by atoms with Crippen LogP contribution in [0.3, 0.4) is 0 Å². The molecule has 0 amide bonds. The van der Waals surface area contributed by atoms with Gasteiger partial charge in [0.2, 0.25) is 0 Å². The smallest absolute Gasteiger partial charge is 0.151 e. The molecule has 0 saturated carbocycles. The zero-order valence-electron chi connectivity index (χ0n) is 10.3. The van der Waals surface area contributed by atoms with Gasteiger partial charge in [0, 0.05) is 6.07 Å². The Morgan fingerprint density at radius 3 is 2.21 bits per heavy atom. The molecule has 19 heavy (non-hydrogen) atoms. The van der Waals surface area contributed by atoms with Crippen LogP contribution in [0, 0.1) is 0 Å². The molecule has 100 valence electrons. The third kappa shape index (κ3) is 3.46. The van der Waals surface area contributed by atoms with Gasteiger partial charge in [-0.2, -0.15) is 0 Å². The SMILES string of the molecule is CCOc1ccc(Oc2cc(Cl)c(Cl)cc2N)cc1. The van der Waals surface area contributed by atoms with Crippen molar-refractivity contribution in [2.45, 2.75) is 6.92 Å². The Morgan fingerprint density at radius 2 is 1.58 bits per heavy atom. The molecule has 2 N–H and O–H groups in total. The highest BCUT2D eigenvalue weighted by atomic mass is 35.5. The Bertz CT molecular complexity index is 570. The molecule has 0 unspecified atom stereocenters. The Hall–Kier alpha value is -1.58. The number of rotatable bonds is 4. The lowest BCUT2D eigenvalue weighted by Gasteiger charge is -2.10.